The minimum atomic E-state index is -0.0143. The number of carbonyl (C=O) groups excluding carboxylic acids is 2. The maximum absolute atomic E-state index is 12.3. The summed E-state index contributed by atoms with van der Waals surface area (Å²) in [6.45, 7) is 4.99. The first kappa shape index (κ1) is 33.5. The van der Waals surface area contributed by atoms with Gasteiger partial charge in [0.2, 0.25) is 0 Å². The van der Waals surface area contributed by atoms with E-state index in [-0.39, 0.29) is 11.8 Å². The number of rotatable bonds is 4. The molecule has 10 nitrogen and oxygen atoms in total. The van der Waals surface area contributed by atoms with Crippen LogP contribution in [-0.2, 0) is 13.1 Å². The predicted molar refractivity (Wildman–Crippen MR) is 209 cm³/mol. The number of piperidine rings is 2. The molecule has 0 saturated carbocycles. The van der Waals surface area contributed by atoms with Crippen LogP contribution in [0.5, 0.6) is 0 Å². The Morgan fingerprint density at radius 2 is 1.13 bits per heavy atom. The Morgan fingerprint density at radius 3 is 1.66 bits per heavy atom. The molecular weight excluding hydrogens is 661 g/mol. The lowest BCUT2D eigenvalue weighted by molar-refractivity contribution is 0.0948. The smallest absolute Gasteiger partial charge is 0.253 e. The number of hydrogen-bond acceptors (Lipinski definition) is 6. The Morgan fingerprint density at radius 1 is 0.585 bits per heavy atom. The normalized spacial score (nSPS) is 20.2. The monoisotopic (exact) mass is 706 g/mol. The fourth-order valence-corrected chi connectivity index (χ4v) is 8.72. The molecule has 6 heterocycles. The quantitative estimate of drug-likeness (QED) is 0.185. The van der Waals surface area contributed by atoms with E-state index in [1.807, 2.05) is 36.4 Å². The van der Waals surface area contributed by atoms with Crippen molar-refractivity contribution in [2.75, 3.05) is 33.2 Å². The molecule has 2 atom stereocenters. The summed E-state index contributed by atoms with van der Waals surface area (Å²) >= 11 is 0. The van der Waals surface area contributed by atoms with Crippen LogP contribution in [0.25, 0.3) is 44.8 Å². The van der Waals surface area contributed by atoms with Gasteiger partial charge in [-0.1, -0.05) is 73.5 Å². The van der Waals surface area contributed by atoms with E-state index in [0.29, 0.717) is 36.3 Å². The van der Waals surface area contributed by atoms with Crippen LogP contribution in [0.1, 0.15) is 82.5 Å². The maximum Gasteiger partial charge on any atom is 0.253 e. The molecule has 270 valence electrons. The summed E-state index contributed by atoms with van der Waals surface area (Å²) in [5.74, 6) is 1.85. The minimum absolute atomic E-state index is 0.0125. The van der Waals surface area contributed by atoms with Crippen LogP contribution in [0.3, 0.4) is 0 Å². The molecule has 2 amide bonds. The van der Waals surface area contributed by atoms with Crippen molar-refractivity contribution in [2.45, 2.75) is 63.7 Å². The second kappa shape index (κ2) is 14.2. The molecule has 0 spiro atoms. The number of benzene rings is 4. The number of nitrogens with one attached hydrogen (secondary N) is 3. The van der Waals surface area contributed by atoms with Crippen LogP contribution in [0.2, 0.25) is 0 Å². The number of amides is 2. The Labute approximate surface area is 309 Å². The zero-order valence-electron chi connectivity index (χ0n) is 30.3. The maximum atomic E-state index is 12.3. The van der Waals surface area contributed by atoms with Crippen molar-refractivity contribution in [3.63, 3.8) is 0 Å². The molecule has 2 saturated heterocycles. The van der Waals surface area contributed by atoms with Crippen LogP contribution >= 0.6 is 0 Å². The van der Waals surface area contributed by atoms with Crippen molar-refractivity contribution < 1.29 is 9.59 Å². The van der Waals surface area contributed by atoms with Gasteiger partial charge in [0.25, 0.3) is 11.8 Å². The lowest BCUT2D eigenvalue weighted by Crippen LogP contribution is -2.29. The molecule has 53 heavy (non-hydrogen) atoms. The summed E-state index contributed by atoms with van der Waals surface area (Å²) < 4.78 is 4.36. The highest BCUT2D eigenvalue weighted by atomic mass is 16.2. The summed E-state index contributed by atoms with van der Waals surface area (Å²) in [5, 5.41) is 9.55. The summed E-state index contributed by atoms with van der Waals surface area (Å²) in [6.07, 6.45) is 7.59. The first-order chi connectivity index (χ1) is 26.0. The van der Waals surface area contributed by atoms with E-state index in [1.54, 1.807) is 0 Å². The molecule has 2 fully saturated rings. The molecule has 0 bridgehead atoms. The van der Waals surface area contributed by atoms with Crippen LogP contribution in [-0.4, -0.2) is 69.0 Å². The third kappa shape index (κ3) is 6.29. The average Bonchev–Trinajstić information content (AvgIpc) is 3.65. The van der Waals surface area contributed by atoms with Gasteiger partial charge in [0.05, 0.1) is 33.2 Å². The second-order valence-electron chi connectivity index (χ2n) is 14.8. The van der Waals surface area contributed by atoms with Gasteiger partial charge in [0.15, 0.2) is 0 Å². The zero-order chi connectivity index (χ0) is 35.9. The molecule has 4 aliphatic heterocycles. The first-order valence-electron chi connectivity index (χ1n) is 19.2. The molecule has 10 heteroatoms. The van der Waals surface area contributed by atoms with Gasteiger partial charge in [0, 0.05) is 49.4 Å². The van der Waals surface area contributed by atoms with Gasteiger partial charge in [-0.05, 0) is 81.2 Å². The molecule has 6 aromatic rings. The Balaban J connectivity index is 0.000000141. The van der Waals surface area contributed by atoms with Crippen molar-refractivity contribution in [3.8, 4) is 22.8 Å². The van der Waals surface area contributed by atoms with Crippen LogP contribution < -0.4 is 16.0 Å². The molecule has 0 aliphatic carbocycles. The number of para-hydroxylation sites is 2. The fourth-order valence-electron chi connectivity index (χ4n) is 8.72. The van der Waals surface area contributed by atoms with Gasteiger partial charge in [-0.2, -0.15) is 0 Å². The number of nitrogens with zero attached hydrogens (tertiary/aromatic N) is 5. The van der Waals surface area contributed by atoms with Crippen molar-refractivity contribution in [1.29, 1.82) is 0 Å². The summed E-state index contributed by atoms with van der Waals surface area (Å²) in [7, 11) is 2.22. The lowest BCUT2D eigenvalue weighted by Gasteiger charge is -2.32. The van der Waals surface area contributed by atoms with Crippen LogP contribution in [0.15, 0.2) is 84.9 Å². The molecule has 0 radical (unpaired) electrons. The largest absolute Gasteiger partial charge is 0.350 e. The summed E-state index contributed by atoms with van der Waals surface area (Å²) in [4.78, 5) is 36.8. The highest BCUT2D eigenvalue weighted by Crippen LogP contribution is 2.34. The van der Waals surface area contributed by atoms with Crippen molar-refractivity contribution >= 4 is 33.9 Å². The number of likely N-dealkylation sites (tertiary alicyclic amines) is 1. The van der Waals surface area contributed by atoms with E-state index < -0.39 is 0 Å². The molecule has 4 aliphatic rings. The number of carbonyl (C=O) groups is 2. The van der Waals surface area contributed by atoms with Gasteiger partial charge >= 0.3 is 0 Å². The topological polar surface area (TPSA) is 109 Å². The highest BCUT2D eigenvalue weighted by molar-refractivity contribution is 6.07. The Hall–Kier alpha value is -5.32. The zero-order valence-corrected chi connectivity index (χ0v) is 30.3. The van der Waals surface area contributed by atoms with E-state index in [0.717, 1.165) is 64.5 Å². The summed E-state index contributed by atoms with van der Waals surface area (Å²) in [6, 6.07) is 30.1. The van der Waals surface area contributed by atoms with Crippen molar-refractivity contribution in [1.82, 2.24) is 40.0 Å². The molecule has 4 aromatic carbocycles. The Kier molecular flexibility index (Phi) is 9.01. The predicted octanol–water partition coefficient (Wildman–Crippen LogP) is 6.86. The standard InChI is InChI=1S/C22H24N4O.C21H22N4O/c1-25-13-3-2-7-19(25)15-8-10-16(11-9-15)21-24-18-6-4-5-17-20(18)26(21)14-12-23-22(17)27;26-21-16-4-3-6-18-19(16)25(13-12-23-21)20(24-18)15-9-7-14(8-10-15)17-5-1-2-11-22-17/h4-6,8-11,19H,2-3,7,12-14H2,1H3,(H,23,27);3-4,6-10,17,22H,1-2,5,11-13H2,(H,23,26). The second-order valence-corrected chi connectivity index (χ2v) is 14.8. The fraction of sp³-hybridized carbons (Fsp3) is 0.349. The lowest BCUT2D eigenvalue weighted by atomic mass is 9.95. The van der Waals surface area contributed by atoms with Gasteiger partial charge in [-0.25, -0.2) is 9.97 Å². The van der Waals surface area contributed by atoms with Crippen molar-refractivity contribution in [3.05, 3.63) is 107 Å². The highest BCUT2D eigenvalue weighted by Gasteiger charge is 2.25. The molecule has 2 aromatic heterocycles. The van der Waals surface area contributed by atoms with Gasteiger partial charge in [0.1, 0.15) is 11.6 Å². The SMILES string of the molecule is CN1CCCCC1c1ccc(-c2nc3cccc4c3n2CCNC4=O)cc1.O=C1NCCn2c(-c3ccc(C4CCCCN4)cc3)nc3cccc1c32. The minimum Gasteiger partial charge on any atom is -0.350 e. The number of aromatic nitrogens is 4. The first-order valence-corrected chi connectivity index (χ1v) is 19.2. The van der Waals surface area contributed by atoms with Crippen LogP contribution in [0, 0.1) is 0 Å². The van der Waals surface area contributed by atoms with E-state index in [4.69, 9.17) is 9.97 Å². The van der Waals surface area contributed by atoms with Crippen LogP contribution in [0.4, 0.5) is 0 Å². The van der Waals surface area contributed by atoms with E-state index >= 15 is 0 Å². The number of hydrogen-bond donors (Lipinski definition) is 3. The molecule has 3 N–H and O–H groups in total. The van der Waals surface area contributed by atoms with Gasteiger partial charge in [-0.3, -0.25) is 14.5 Å². The Bertz CT molecular complexity index is 2300. The third-order valence-corrected chi connectivity index (χ3v) is 11.5. The number of imidazole rings is 2. The van der Waals surface area contributed by atoms with Gasteiger partial charge in [-0.15, -0.1) is 0 Å². The van der Waals surface area contributed by atoms with Gasteiger partial charge < -0.3 is 25.1 Å². The van der Waals surface area contributed by atoms with E-state index in [2.05, 4.69) is 85.6 Å². The molecule has 2 unspecified atom stereocenters. The average molecular weight is 707 g/mol. The van der Waals surface area contributed by atoms with E-state index in [1.165, 1.54) is 56.2 Å². The van der Waals surface area contributed by atoms with E-state index in [9.17, 15) is 9.59 Å². The molecular formula is C43H46N8O2. The summed E-state index contributed by atoms with van der Waals surface area (Å²) in [5.41, 5.74) is 10.0. The third-order valence-electron chi connectivity index (χ3n) is 11.5. The molecule has 10 rings (SSSR count). The van der Waals surface area contributed by atoms with Crippen molar-refractivity contribution in [2.24, 2.45) is 0 Å².